The molecule has 0 aliphatic carbocycles. The van der Waals surface area contributed by atoms with Crippen molar-refractivity contribution in [2.45, 2.75) is 45.1 Å². The van der Waals surface area contributed by atoms with Gasteiger partial charge in [-0.25, -0.2) is 0 Å². The van der Waals surface area contributed by atoms with Gasteiger partial charge in [-0.1, -0.05) is 32.4 Å². The van der Waals surface area contributed by atoms with Gasteiger partial charge in [0, 0.05) is 5.69 Å². The molecule has 3 nitrogen and oxygen atoms in total. The van der Waals surface area contributed by atoms with Crippen molar-refractivity contribution in [3.05, 3.63) is 29.8 Å². The van der Waals surface area contributed by atoms with Crippen LogP contribution in [0, 0.1) is 0 Å². The summed E-state index contributed by atoms with van der Waals surface area (Å²) in [6.45, 7) is 5.28. The highest BCUT2D eigenvalue weighted by Crippen LogP contribution is 2.17. The van der Waals surface area contributed by atoms with E-state index in [1.807, 2.05) is 12.1 Å². The summed E-state index contributed by atoms with van der Waals surface area (Å²) in [4.78, 5) is 12.0. The van der Waals surface area contributed by atoms with E-state index < -0.39 is 0 Å². The van der Waals surface area contributed by atoms with Crippen molar-refractivity contribution in [2.75, 3.05) is 11.9 Å². The number of carbonyl (C=O) groups excluding carboxylic acids is 1. The molecular weight excluding hydrogens is 224 g/mol. The van der Waals surface area contributed by atoms with Crippen LogP contribution in [-0.2, 0) is 4.79 Å². The van der Waals surface area contributed by atoms with Crippen molar-refractivity contribution >= 4 is 11.6 Å². The van der Waals surface area contributed by atoms with Crippen molar-refractivity contribution in [1.82, 2.24) is 5.32 Å². The highest BCUT2D eigenvalue weighted by Gasteiger charge is 2.20. The van der Waals surface area contributed by atoms with Crippen molar-refractivity contribution in [3.8, 4) is 0 Å². The number of anilines is 1. The van der Waals surface area contributed by atoms with Gasteiger partial charge in [-0.2, -0.15) is 0 Å². The number of benzene rings is 1. The largest absolute Gasteiger partial charge is 0.325 e. The molecule has 18 heavy (non-hydrogen) atoms. The Morgan fingerprint density at radius 2 is 2.00 bits per heavy atom. The van der Waals surface area contributed by atoms with Gasteiger partial charge in [-0.3, -0.25) is 4.79 Å². The molecule has 0 bridgehead atoms. The summed E-state index contributed by atoms with van der Waals surface area (Å²) < 4.78 is 0. The molecule has 1 aromatic carbocycles. The van der Waals surface area contributed by atoms with Gasteiger partial charge < -0.3 is 10.6 Å². The molecule has 3 heteroatoms. The summed E-state index contributed by atoms with van der Waals surface area (Å²) in [5.74, 6) is 0.613. The van der Waals surface area contributed by atoms with Crippen molar-refractivity contribution < 1.29 is 4.79 Å². The van der Waals surface area contributed by atoms with Crippen molar-refractivity contribution in [1.29, 1.82) is 0 Å². The number of nitrogens with one attached hydrogen (secondary N) is 2. The Labute approximate surface area is 109 Å². The molecule has 98 valence electrons. The Bertz CT molecular complexity index is 391. The molecular formula is C15H22N2O. The second-order valence-electron chi connectivity index (χ2n) is 5.27. The van der Waals surface area contributed by atoms with E-state index in [9.17, 15) is 4.79 Å². The van der Waals surface area contributed by atoms with E-state index in [-0.39, 0.29) is 11.9 Å². The lowest BCUT2D eigenvalue weighted by Gasteiger charge is -2.22. The fourth-order valence-corrected chi connectivity index (χ4v) is 2.26. The molecule has 2 rings (SSSR count). The number of amides is 1. The smallest absolute Gasteiger partial charge is 0.241 e. The Balaban J connectivity index is 1.94. The standard InChI is InChI=1S/C15H22N2O/c1-11(2)12-6-8-13(9-7-12)17-15(18)14-5-3-4-10-16-14/h6-9,11,14,16H,3-5,10H2,1-2H3,(H,17,18)/t14-/m1/s1. The number of hydrogen-bond donors (Lipinski definition) is 2. The first-order valence-corrected chi connectivity index (χ1v) is 6.81. The van der Waals surface area contributed by atoms with Gasteiger partial charge in [0.25, 0.3) is 0 Å². The van der Waals surface area contributed by atoms with E-state index in [1.165, 1.54) is 12.0 Å². The molecule has 1 amide bonds. The third-order valence-electron chi connectivity index (χ3n) is 3.47. The van der Waals surface area contributed by atoms with E-state index in [1.54, 1.807) is 0 Å². The lowest BCUT2D eigenvalue weighted by atomic mass is 10.0. The van der Waals surface area contributed by atoms with E-state index >= 15 is 0 Å². The normalized spacial score (nSPS) is 19.8. The lowest BCUT2D eigenvalue weighted by Crippen LogP contribution is -2.43. The van der Waals surface area contributed by atoms with E-state index in [0.29, 0.717) is 5.92 Å². The van der Waals surface area contributed by atoms with E-state index in [4.69, 9.17) is 0 Å². The van der Waals surface area contributed by atoms with Crippen LogP contribution in [0.3, 0.4) is 0 Å². The second kappa shape index (κ2) is 6.01. The van der Waals surface area contributed by atoms with Crippen LogP contribution < -0.4 is 10.6 Å². The van der Waals surface area contributed by atoms with Crippen LogP contribution in [0.15, 0.2) is 24.3 Å². The molecule has 0 spiro atoms. The Kier molecular flexibility index (Phi) is 4.37. The summed E-state index contributed by atoms with van der Waals surface area (Å²) in [5.41, 5.74) is 2.18. The number of carbonyl (C=O) groups is 1. The van der Waals surface area contributed by atoms with Crippen LogP contribution >= 0.6 is 0 Å². The lowest BCUT2D eigenvalue weighted by molar-refractivity contribution is -0.118. The predicted molar refractivity (Wildman–Crippen MR) is 74.8 cm³/mol. The minimum atomic E-state index is -0.0245. The molecule has 1 aliphatic heterocycles. The first kappa shape index (κ1) is 13.1. The molecule has 1 fully saturated rings. The summed E-state index contributed by atoms with van der Waals surface area (Å²) >= 11 is 0. The molecule has 0 radical (unpaired) electrons. The summed E-state index contributed by atoms with van der Waals surface area (Å²) in [6.07, 6.45) is 3.25. The summed E-state index contributed by atoms with van der Waals surface area (Å²) in [5, 5.41) is 6.23. The molecule has 1 aromatic rings. The molecule has 2 N–H and O–H groups in total. The first-order chi connectivity index (χ1) is 8.66. The molecule has 0 aromatic heterocycles. The minimum Gasteiger partial charge on any atom is -0.325 e. The van der Waals surface area contributed by atoms with Crippen LogP contribution in [0.4, 0.5) is 5.69 Å². The van der Waals surface area contributed by atoms with Gasteiger partial charge in [-0.05, 0) is 43.0 Å². The molecule has 1 aliphatic rings. The second-order valence-corrected chi connectivity index (χ2v) is 5.27. The van der Waals surface area contributed by atoms with Crippen LogP contribution in [0.2, 0.25) is 0 Å². The van der Waals surface area contributed by atoms with Crippen molar-refractivity contribution in [2.24, 2.45) is 0 Å². The van der Waals surface area contributed by atoms with Crippen LogP contribution in [0.5, 0.6) is 0 Å². The zero-order chi connectivity index (χ0) is 13.0. The molecule has 0 saturated carbocycles. The van der Waals surface area contributed by atoms with Gasteiger partial charge in [0.2, 0.25) is 5.91 Å². The molecule has 0 unspecified atom stereocenters. The summed E-state index contributed by atoms with van der Waals surface area (Å²) in [6, 6.07) is 8.10. The average molecular weight is 246 g/mol. The maximum absolute atomic E-state index is 12.0. The molecule has 1 saturated heterocycles. The highest BCUT2D eigenvalue weighted by atomic mass is 16.2. The number of piperidine rings is 1. The maximum Gasteiger partial charge on any atom is 0.241 e. The quantitative estimate of drug-likeness (QED) is 0.861. The van der Waals surface area contributed by atoms with Crippen molar-refractivity contribution in [3.63, 3.8) is 0 Å². The maximum atomic E-state index is 12.0. The Hall–Kier alpha value is -1.35. The van der Waals surface area contributed by atoms with Gasteiger partial charge >= 0.3 is 0 Å². The number of hydrogen-bond acceptors (Lipinski definition) is 2. The highest BCUT2D eigenvalue weighted by molar-refractivity contribution is 5.94. The predicted octanol–water partition coefficient (Wildman–Crippen LogP) is 2.89. The van der Waals surface area contributed by atoms with Gasteiger partial charge in [0.1, 0.15) is 0 Å². The third kappa shape index (κ3) is 3.33. The van der Waals surface area contributed by atoms with E-state index in [2.05, 4.69) is 36.6 Å². The van der Waals surface area contributed by atoms with Gasteiger partial charge in [-0.15, -0.1) is 0 Å². The average Bonchev–Trinajstić information content (AvgIpc) is 2.40. The fraction of sp³-hybridized carbons (Fsp3) is 0.533. The van der Waals surface area contributed by atoms with Crippen LogP contribution in [-0.4, -0.2) is 18.5 Å². The van der Waals surface area contributed by atoms with Crippen LogP contribution in [0.25, 0.3) is 0 Å². The van der Waals surface area contributed by atoms with Gasteiger partial charge in [0.15, 0.2) is 0 Å². The SMILES string of the molecule is CC(C)c1ccc(NC(=O)[C@H]2CCCCN2)cc1. The molecule has 1 heterocycles. The third-order valence-corrected chi connectivity index (χ3v) is 3.47. The first-order valence-electron chi connectivity index (χ1n) is 6.81. The van der Waals surface area contributed by atoms with E-state index in [0.717, 1.165) is 25.1 Å². The number of rotatable bonds is 3. The van der Waals surface area contributed by atoms with Gasteiger partial charge in [0.05, 0.1) is 6.04 Å². The zero-order valence-corrected chi connectivity index (χ0v) is 11.2. The molecule has 1 atom stereocenters. The Morgan fingerprint density at radius 1 is 1.28 bits per heavy atom. The summed E-state index contributed by atoms with van der Waals surface area (Å²) in [7, 11) is 0. The monoisotopic (exact) mass is 246 g/mol. The topological polar surface area (TPSA) is 41.1 Å². The minimum absolute atomic E-state index is 0.0245. The Morgan fingerprint density at radius 3 is 2.56 bits per heavy atom. The van der Waals surface area contributed by atoms with Crippen LogP contribution in [0.1, 0.15) is 44.6 Å². The zero-order valence-electron chi connectivity index (χ0n) is 11.2. The fourth-order valence-electron chi connectivity index (χ4n) is 2.26.